The molecule has 0 aliphatic rings. The Kier molecular flexibility index (Phi) is 6.49. The predicted molar refractivity (Wildman–Crippen MR) is 117 cm³/mol. The van der Waals surface area contributed by atoms with Gasteiger partial charge in [0.2, 0.25) is 0 Å². The first kappa shape index (κ1) is 21.8. The van der Waals surface area contributed by atoms with Crippen LogP contribution in [0.15, 0.2) is 54.6 Å². The largest absolute Gasteiger partial charge is 0.452 e. The van der Waals surface area contributed by atoms with E-state index in [0.717, 1.165) is 5.69 Å². The number of rotatable bonds is 6. The number of hydrogen-bond acceptors (Lipinski definition) is 5. The Morgan fingerprint density at radius 2 is 1.61 bits per heavy atom. The number of esters is 1. The van der Waals surface area contributed by atoms with Crippen molar-refractivity contribution in [2.24, 2.45) is 7.05 Å². The number of nitrogens with one attached hydrogen (secondary N) is 1. The van der Waals surface area contributed by atoms with Crippen molar-refractivity contribution in [2.75, 3.05) is 23.9 Å². The van der Waals surface area contributed by atoms with Gasteiger partial charge in [-0.3, -0.25) is 14.3 Å². The number of ether oxygens (including phenoxy) is 1. The van der Waals surface area contributed by atoms with Gasteiger partial charge in [-0.25, -0.2) is 4.79 Å². The van der Waals surface area contributed by atoms with Crippen LogP contribution in [-0.2, 0) is 16.6 Å². The number of anilines is 2. The second-order valence-electron chi connectivity index (χ2n) is 7.04. The molecule has 0 fully saturated rings. The SMILES string of the molecule is Cc1nn(C)c(C)c1NC(=O)COC(=O)c1ccccc1C(=O)N(C)c1ccccc1. The molecule has 160 valence electrons. The number of para-hydroxylation sites is 1. The van der Waals surface area contributed by atoms with Crippen molar-refractivity contribution in [3.63, 3.8) is 0 Å². The average Bonchev–Trinajstić information content (AvgIpc) is 3.02. The first-order valence-electron chi connectivity index (χ1n) is 9.69. The fourth-order valence-corrected chi connectivity index (χ4v) is 3.14. The zero-order chi connectivity index (χ0) is 22.5. The lowest BCUT2D eigenvalue weighted by molar-refractivity contribution is -0.119. The molecule has 8 heteroatoms. The van der Waals surface area contributed by atoms with E-state index < -0.39 is 18.5 Å². The van der Waals surface area contributed by atoms with Crippen molar-refractivity contribution in [2.45, 2.75) is 13.8 Å². The maximum Gasteiger partial charge on any atom is 0.339 e. The molecule has 1 aromatic heterocycles. The number of benzene rings is 2. The predicted octanol–water partition coefficient (Wildman–Crippen LogP) is 3.11. The van der Waals surface area contributed by atoms with Crippen molar-refractivity contribution in [3.05, 3.63) is 77.1 Å². The number of nitrogens with zero attached hydrogens (tertiary/aromatic N) is 3. The molecule has 0 bridgehead atoms. The number of hydrogen-bond donors (Lipinski definition) is 1. The summed E-state index contributed by atoms with van der Waals surface area (Å²) in [6.45, 7) is 3.12. The van der Waals surface area contributed by atoms with Crippen LogP contribution >= 0.6 is 0 Å². The Hall–Kier alpha value is -3.94. The fraction of sp³-hybridized carbons (Fsp3) is 0.217. The van der Waals surface area contributed by atoms with Gasteiger partial charge >= 0.3 is 5.97 Å². The van der Waals surface area contributed by atoms with Gasteiger partial charge in [-0.1, -0.05) is 30.3 Å². The van der Waals surface area contributed by atoms with Gasteiger partial charge in [0.15, 0.2) is 6.61 Å². The van der Waals surface area contributed by atoms with Crippen LogP contribution in [0.5, 0.6) is 0 Å². The Morgan fingerprint density at radius 3 is 2.23 bits per heavy atom. The number of carbonyl (C=O) groups is 3. The van der Waals surface area contributed by atoms with Crippen molar-refractivity contribution in [3.8, 4) is 0 Å². The number of amides is 2. The van der Waals surface area contributed by atoms with Crippen LogP contribution in [0.25, 0.3) is 0 Å². The van der Waals surface area contributed by atoms with Crippen LogP contribution in [0.2, 0.25) is 0 Å². The van der Waals surface area contributed by atoms with Crippen molar-refractivity contribution in [1.82, 2.24) is 9.78 Å². The molecule has 0 spiro atoms. The molecule has 3 aromatic rings. The van der Waals surface area contributed by atoms with E-state index in [2.05, 4.69) is 10.4 Å². The molecule has 1 heterocycles. The summed E-state index contributed by atoms with van der Waals surface area (Å²) in [7, 11) is 3.41. The van der Waals surface area contributed by atoms with E-state index in [9.17, 15) is 14.4 Å². The van der Waals surface area contributed by atoms with Gasteiger partial charge < -0.3 is 15.0 Å². The summed E-state index contributed by atoms with van der Waals surface area (Å²) in [6, 6.07) is 15.5. The molecule has 8 nitrogen and oxygen atoms in total. The number of aryl methyl sites for hydroxylation is 2. The quantitative estimate of drug-likeness (QED) is 0.619. The van der Waals surface area contributed by atoms with Gasteiger partial charge in [0.1, 0.15) is 0 Å². The van der Waals surface area contributed by atoms with Crippen molar-refractivity contribution < 1.29 is 19.1 Å². The molecule has 0 saturated heterocycles. The topological polar surface area (TPSA) is 93.5 Å². The van der Waals surface area contributed by atoms with Gasteiger partial charge in [-0.05, 0) is 38.1 Å². The molecule has 3 rings (SSSR count). The van der Waals surface area contributed by atoms with E-state index in [0.29, 0.717) is 17.1 Å². The maximum atomic E-state index is 13.0. The van der Waals surface area contributed by atoms with Crippen LogP contribution in [0.4, 0.5) is 11.4 Å². The lowest BCUT2D eigenvalue weighted by Gasteiger charge is -2.18. The van der Waals surface area contributed by atoms with Crippen LogP contribution in [0, 0.1) is 13.8 Å². The number of carbonyl (C=O) groups excluding carboxylic acids is 3. The monoisotopic (exact) mass is 420 g/mol. The Labute approximate surface area is 180 Å². The minimum absolute atomic E-state index is 0.0943. The van der Waals surface area contributed by atoms with E-state index in [1.807, 2.05) is 25.1 Å². The highest BCUT2D eigenvalue weighted by Crippen LogP contribution is 2.19. The normalized spacial score (nSPS) is 10.5. The minimum Gasteiger partial charge on any atom is -0.452 e. The molecule has 0 aliphatic heterocycles. The summed E-state index contributed by atoms with van der Waals surface area (Å²) in [5.41, 5.74) is 3.02. The Bertz CT molecular complexity index is 1120. The molecule has 1 N–H and O–H groups in total. The summed E-state index contributed by atoms with van der Waals surface area (Å²) in [5.74, 6) is -1.59. The molecule has 31 heavy (non-hydrogen) atoms. The lowest BCUT2D eigenvalue weighted by atomic mass is 10.1. The summed E-state index contributed by atoms with van der Waals surface area (Å²) in [6.07, 6.45) is 0. The average molecular weight is 420 g/mol. The molecule has 0 radical (unpaired) electrons. The van der Waals surface area contributed by atoms with E-state index >= 15 is 0 Å². The zero-order valence-electron chi connectivity index (χ0n) is 17.9. The van der Waals surface area contributed by atoms with E-state index in [4.69, 9.17) is 4.74 Å². The molecular formula is C23H24N4O4. The Morgan fingerprint density at radius 1 is 1.00 bits per heavy atom. The highest BCUT2D eigenvalue weighted by molar-refractivity contribution is 6.12. The highest BCUT2D eigenvalue weighted by atomic mass is 16.5. The second-order valence-corrected chi connectivity index (χ2v) is 7.04. The molecule has 0 unspecified atom stereocenters. The van der Waals surface area contributed by atoms with E-state index in [1.54, 1.807) is 56.0 Å². The van der Waals surface area contributed by atoms with Crippen LogP contribution in [0.1, 0.15) is 32.1 Å². The minimum atomic E-state index is -0.750. The smallest absolute Gasteiger partial charge is 0.339 e. The third-order valence-corrected chi connectivity index (χ3v) is 4.93. The van der Waals surface area contributed by atoms with Crippen molar-refractivity contribution in [1.29, 1.82) is 0 Å². The standard InChI is InChI=1S/C23H24N4O4/c1-15-21(16(2)27(4)25-15)24-20(28)14-31-23(30)19-13-9-8-12-18(19)22(29)26(3)17-10-6-5-7-11-17/h5-13H,14H2,1-4H3,(H,24,28). The third kappa shape index (κ3) is 4.80. The van der Waals surface area contributed by atoms with Gasteiger partial charge in [-0.15, -0.1) is 0 Å². The summed E-state index contributed by atoms with van der Waals surface area (Å²) in [4.78, 5) is 39.3. The molecular weight excluding hydrogens is 396 g/mol. The summed E-state index contributed by atoms with van der Waals surface area (Å²) in [5, 5.41) is 6.94. The van der Waals surface area contributed by atoms with Crippen LogP contribution in [-0.4, -0.2) is 41.2 Å². The second kappa shape index (κ2) is 9.25. The lowest BCUT2D eigenvalue weighted by Crippen LogP contribution is -2.28. The van der Waals surface area contributed by atoms with Gasteiger partial charge in [0, 0.05) is 19.8 Å². The van der Waals surface area contributed by atoms with Crippen molar-refractivity contribution >= 4 is 29.2 Å². The summed E-state index contributed by atoms with van der Waals surface area (Å²) >= 11 is 0. The zero-order valence-corrected chi connectivity index (χ0v) is 17.9. The van der Waals surface area contributed by atoms with Crippen LogP contribution < -0.4 is 10.2 Å². The fourth-order valence-electron chi connectivity index (χ4n) is 3.14. The first-order valence-corrected chi connectivity index (χ1v) is 9.69. The first-order chi connectivity index (χ1) is 14.8. The molecule has 2 aromatic carbocycles. The third-order valence-electron chi connectivity index (χ3n) is 4.93. The molecule has 0 saturated carbocycles. The van der Waals surface area contributed by atoms with Gasteiger partial charge in [0.05, 0.1) is 28.2 Å². The van der Waals surface area contributed by atoms with E-state index in [1.165, 1.54) is 11.0 Å². The molecule has 2 amide bonds. The highest BCUT2D eigenvalue weighted by Gasteiger charge is 2.22. The molecule has 0 aliphatic carbocycles. The molecule has 0 atom stereocenters. The maximum absolute atomic E-state index is 13.0. The van der Waals surface area contributed by atoms with Gasteiger partial charge in [0.25, 0.3) is 11.8 Å². The summed E-state index contributed by atoms with van der Waals surface area (Å²) < 4.78 is 6.83. The van der Waals surface area contributed by atoms with Crippen LogP contribution in [0.3, 0.4) is 0 Å². The van der Waals surface area contributed by atoms with Gasteiger partial charge in [-0.2, -0.15) is 5.10 Å². The number of aromatic nitrogens is 2. The Balaban J connectivity index is 1.70. The van der Waals surface area contributed by atoms with E-state index in [-0.39, 0.29) is 17.0 Å².